The van der Waals surface area contributed by atoms with Crippen LogP contribution in [0.3, 0.4) is 0 Å². The summed E-state index contributed by atoms with van der Waals surface area (Å²) in [6, 6.07) is 115. The summed E-state index contributed by atoms with van der Waals surface area (Å²) < 4.78 is 8.11. The van der Waals surface area contributed by atoms with E-state index in [2.05, 4.69) is 482 Å². The van der Waals surface area contributed by atoms with Crippen LogP contribution < -0.4 is 78.4 Å². The zero-order valence-corrected chi connectivity index (χ0v) is 81.1. The fourth-order valence-electron chi connectivity index (χ4n) is 22.0. The maximum Gasteiger partial charge on any atom is 0.252 e. The zero-order valence-electron chi connectivity index (χ0n) is 81.1. The van der Waals surface area contributed by atoms with Crippen LogP contribution in [0.15, 0.2) is 291 Å². The maximum absolute atomic E-state index is 8.11. The van der Waals surface area contributed by atoms with Gasteiger partial charge in [0, 0.05) is 73.9 Å². The van der Waals surface area contributed by atoms with Gasteiger partial charge in [-0.3, -0.25) is 0 Å². The summed E-state index contributed by atoms with van der Waals surface area (Å²) in [6.45, 7) is 56.5. The van der Waals surface area contributed by atoms with E-state index < -0.39 is 0 Å². The van der Waals surface area contributed by atoms with Gasteiger partial charge in [0.1, 0.15) is 0 Å². The Labute approximate surface area is 779 Å². The van der Waals surface area contributed by atoms with Gasteiger partial charge in [0.15, 0.2) is 11.5 Å². The third-order valence-electron chi connectivity index (χ3n) is 29.4. The van der Waals surface area contributed by atoms with Crippen LogP contribution in [-0.4, -0.2) is 20.1 Å². The normalized spacial score (nSPS) is 14.5. The summed E-state index contributed by atoms with van der Waals surface area (Å²) in [5, 5.41) is 0. The summed E-state index contributed by atoms with van der Waals surface area (Å²) in [5.74, 6) is 1.69. The van der Waals surface area contributed by atoms with Crippen molar-refractivity contribution in [2.24, 2.45) is 0 Å². The summed E-state index contributed by atoms with van der Waals surface area (Å²) in [7, 11) is 0. The maximum atomic E-state index is 8.11. The fraction of sp³-hybridized carbons (Fsp3) is 0.262. The number of benzene rings is 15. The molecule has 0 unspecified atom stereocenters. The highest BCUT2D eigenvalue weighted by Gasteiger charge is 2.57. The SMILES string of the molecule is CC(C)(C)c1cc(N2c3ccc(-c4ccccc4)cc3B3c4cc5c(cc4N(c4cc(C(C)(C)C)cc(C(C)(C)C)c4)c4cccc2c43)N(c2cc(C(C)(C)C)cc(C(C)(C)C)c2)c2cc3c4c6c2B5c2cc(-c5ccccc5)cc5c2N6c2c(cc(-c6ccccc6)cc2B4c2cc(-c4ccccc4)ccc2N3c2cc(C(C)(C)C)cc(C(C)(C)C)c2)O5)cc(C(C)(C)C)c1. The lowest BCUT2D eigenvalue weighted by molar-refractivity contribution is 0.478. The minimum Gasteiger partial charge on any atom is -0.453 e. The Bertz CT molecular complexity index is 7170. The van der Waals surface area contributed by atoms with Crippen LogP contribution in [0.4, 0.5) is 85.3 Å². The van der Waals surface area contributed by atoms with Gasteiger partial charge < -0.3 is 29.2 Å². The Balaban J connectivity index is 0.941. The van der Waals surface area contributed by atoms with Crippen molar-refractivity contribution < 1.29 is 4.74 Å². The van der Waals surface area contributed by atoms with Crippen LogP contribution >= 0.6 is 0 Å². The van der Waals surface area contributed by atoms with Crippen molar-refractivity contribution in [1.29, 1.82) is 0 Å². The Morgan fingerprint density at radius 3 is 0.748 bits per heavy atom. The van der Waals surface area contributed by atoms with E-state index in [1.165, 1.54) is 139 Å². The van der Waals surface area contributed by atoms with E-state index in [9.17, 15) is 0 Å². The highest BCUT2D eigenvalue weighted by Crippen LogP contribution is 2.60. The number of anilines is 15. The molecule has 7 heterocycles. The molecule has 0 aromatic heterocycles. The second-order valence-electron chi connectivity index (χ2n) is 46.8. The Kier molecular flexibility index (Phi) is 18.5. The molecular formula is C122H120B3N5O. The molecule has 15 aromatic rings. The van der Waals surface area contributed by atoms with Gasteiger partial charge in [-0.05, 0) is 279 Å². The molecule has 7 aliphatic heterocycles. The molecule has 6 nitrogen and oxygen atoms in total. The van der Waals surface area contributed by atoms with Crippen LogP contribution in [0.25, 0.3) is 44.5 Å². The predicted molar refractivity (Wildman–Crippen MR) is 565 cm³/mol. The van der Waals surface area contributed by atoms with E-state index in [1.54, 1.807) is 0 Å². The molecule has 131 heavy (non-hydrogen) atoms. The van der Waals surface area contributed by atoms with E-state index >= 15 is 0 Å². The predicted octanol–water partition coefficient (Wildman–Crippen LogP) is 27.6. The lowest BCUT2D eigenvalue weighted by Gasteiger charge is -2.53. The standard InChI is InChI=1S/C122H120B3N5O/c1-115(2,3)81-58-82(116(4,5)6)63-89(62-81)126-99-50-48-77(73-38-29-25-30-39-73)52-93(99)123-95-70-96-104(71-103(95)128(102-47-37-46-101(126)109(102)123)91-66-85(119(13,14)15)60-86(67-91)120(16,17)18)129(92-68-87(121(19,20)21)61-88(69-92)122(22,23)24)106-72-105-110-114-111(106)125(96)98-55-80(76-44-35-28-36-45-76)57-108-113(98)130(114)112-97(54-79(56-107(112)131-108)75-42-33-27-34-43-75)124(110)94-53-78(74-40-31-26-32-41-74)49-51-100(94)127(105)90-64-83(117(7,8)9)59-84(65-90)118(10,11)12/h25-72H,1-24H3. The molecule has 0 aliphatic carbocycles. The van der Waals surface area contributed by atoms with Gasteiger partial charge in [-0.2, -0.15) is 0 Å². The van der Waals surface area contributed by atoms with Crippen molar-refractivity contribution in [2.45, 2.75) is 209 Å². The van der Waals surface area contributed by atoms with E-state index in [0.717, 1.165) is 96.3 Å². The molecule has 648 valence electrons. The number of fused-ring (bicyclic) bond motifs is 10. The molecule has 7 aliphatic rings. The monoisotopic (exact) mass is 1700 g/mol. The molecule has 22 rings (SSSR count). The Morgan fingerprint density at radius 2 is 0.435 bits per heavy atom. The molecular weight excluding hydrogens is 1580 g/mol. The first-order chi connectivity index (χ1) is 62.0. The highest BCUT2D eigenvalue weighted by molar-refractivity contribution is 7.06. The van der Waals surface area contributed by atoms with Gasteiger partial charge in [0.2, 0.25) is 0 Å². The topological polar surface area (TPSA) is 25.4 Å². The van der Waals surface area contributed by atoms with E-state index in [-0.39, 0.29) is 63.5 Å². The molecule has 0 saturated heterocycles. The van der Waals surface area contributed by atoms with Crippen LogP contribution in [-0.2, 0) is 43.3 Å². The fourth-order valence-corrected chi connectivity index (χ4v) is 22.0. The zero-order chi connectivity index (χ0) is 91.5. The average molecular weight is 1700 g/mol. The molecule has 0 N–H and O–H groups in total. The number of ether oxygens (including phenoxy) is 1. The molecule has 9 heteroatoms. The Morgan fingerprint density at radius 1 is 0.176 bits per heavy atom. The van der Waals surface area contributed by atoms with E-state index in [0.29, 0.717) is 0 Å². The third-order valence-corrected chi connectivity index (χ3v) is 29.4. The second-order valence-corrected chi connectivity index (χ2v) is 46.8. The number of hydrogen-bond acceptors (Lipinski definition) is 6. The summed E-state index contributed by atoms with van der Waals surface area (Å²) >= 11 is 0. The summed E-state index contributed by atoms with van der Waals surface area (Å²) in [6.07, 6.45) is 0. The average Bonchev–Trinajstić information content (AvgIpc) is 0.656. The smallest absolute Gasteiger partial charge is 0.252 e. The van der Waals surface area contributed by atoms with E-state index in [4.69, 9.17) is 4.74 Å². The van der Waals surface area contributed by atoms with Crippen molar-refractivity contribution in [3.8, 4) is 56.0 Å². The molecule has 15 aromatic carbocycles. The quantitative estimate of drug-likeness (QED) is 0.141. The van der Waals surface area contributed by atoms with Crippen molar-refractivity contribution in [1.82, 2.24) is 0 Å². The minimum absolute atomic E-state index is 0.153. The summed E-state index contributed by atoms with van der Waals surface area (Å²) in [5.41, 5.74) is 46.5. The lowest BCUT2D eigenvalue weighted by atomic mass is 9.27. The van der Waals surface area contributed by atoms with Gasteiger partial charge in [0.25, 0.3) is 20.1 Å². The number of hydrogen-bond donors (Lipinski definition) is 0. The number of rotatable bonds is 8. The van der Waals surface area contributed by atoms with Gasteiger partial charge >= 0.3 is 0 Å². The first-order valence-corrected chi connectivity index (χ1v) is 47.7. The molecule has 0 bridgehead atoms. The van der Waals surface area contributed by atoms with Crippen LogP contribution in [0.2, 0.25) is 0 Å². The second kappa shape index (κ2) is 28.9. The molecule has 0 amide bonds. The first-order valence-electron chi connectivity index (χ1n) is 47.7. The molecule has 0 spiro atoms. The number of nitrogens with zero attached hydrogens (tertiary/aromatic N) is 5. The Hall–Kier alpha value is -12.7. The highest BCUT2D eigenvalue weighted by atomic mass is 16.5. The first kappa shape index (κ1) is 83.9. The van der Waals surface area contributed by atoms with Gasteiger partial charge in [-0.1, -0.05) is 360 Å². The van der Waals surface area contributed by atoms with Crippen molar-refractivity contribution in [3.63, 3.8) is 0 Å². The van der Waals surface area contributed by atoms with Gasteiger partial charge in [0.05, 0.1) is 11.4 Å². The largest absolute Gasteiger partial charge is 0.453 e. The minimum atomic E-state index is -0.380. The van der Waals surface area contributed by atoms with Crippen LogP contribution in [0.1, 0.15) is 211 Å². The van der Waals surface area contributed by atoms with E-state index in [1.807, 2.05) is 0 Å². The van der Waals surface area contributed by atoms with Crippen molar-refractivity contribution >= 4 is 155 Å². The summed E-state index contributed by atoms with van der Waals surface area (Å²) in [4.78, 5) is 13.7. The molecule has 0 atom stereocenters. The van der Waals surface area contributed by atoms with Crippen molar-refractivity contribution in [3.05, 3.63) is 336 Å². The van der Waals surface area contributed by atoms with Crippen LogP contribution in [0, 0.1) is 0 Å². The molecule has 0 fully saturated rings. The molecule has 0 saturated carbocycles. The molecule has 0 radical (unpaired) electrons. The van der Waals surface area contributed by atoms with Crippen LogP contribution in [0.5, 0.6) is 11.5 Å². The van der Waals surface area contributed by atoms with Gasteiger partial charge in [-0.25, -0.2) is 0 Å². The lowest BCUT2D eigenvalue weighted by Crippen LogP contribution is -2.69. The van der Waals surface area contributed by atoms with Crippen molar-refractivity contribution in [2.75, 3.05) is 24.5 Å². The third kappa shape index (κ3) is 13.5. The van der Waals surface area contributed by atoms with Gasteiger partial charge in [-0.15, -0.1) is 0 Å².